The van der Waals surface area contributed by atoms with Crippen LogP contribution in [0, 0.1) is 0 Å². The molecule has 0 bridgehead atoms. The summed E-state index contributed by atoms with van der Waals surface area (Å²) >= 11 is 12.0. The summed E-state index contributed by atoms with van der Waals surface area (Å²) in [6.07, 6.45) is 2.45. The van der Waals surface area contributed by atoms with Crippen LogP contribution < -0.4 is 5.32 Å². The average molecular weight is 345 g/mol. The molecule has 0 spiro atoms. The van der Waals surface area contributed by atoms with Crippen molar-refractivity contribution >= 4 is 29.2 Å². The maximum atomic E-state index is 6.01. The molecule has 3 aromatic rings. The molecule has 4 nitrogen and oxygen atoms in total. The number of rotatable bonds is 2. The van der Waals surface area contributed by atoms with Crippen molar-refractivity contribution in [1.29, 1.82) is 0 Å². The third kappa shape index (κ3) is 2.80. The molecule has 1 aromatic heterocycles. The Morgan fingerprint density at radius 3 is 2.17 bits per heavy atom. The van der Waals surface area contributed by atoms with Gasteiger partial charge in [0, 0.05) is 10.0 Å². The number of anilines is 1. The molecule has 0 saturated heterocycles. The molecule has 2 heterocycles. The summed E-state index contributed by atoms with van der Waals surface area (Å²) in [5, 5.41) is 9.28. The van der Waals surface area contributed by atoms with Crippen molar-refractivity contribution < 1.29 is 0 Å². The topological polar surface area (TPSA) is 42.7 Å². The Kier molecular flexibility index (Phi) is 3.71. The Labute approximate surface area is 144 Å². The van der Waals surface area contributed by atoms with E-state index in [0.717, 1.165) is 22.4 Å². The second-order valence-corrected chi connectivity index (χ2v) is 6.45. The van der Waals surface area contributed by atoms with Gasteiger partial charge in [-0.05, 0) is 41.8 Å². The van der Waals surface area contributed by atoms with E-state index in [1.807, 2.05) is 53.2 Å². The molecule has 2 atom stereocenters. The van der Waals surface area contributed by atoms with E-state index in [0.29, 0.717) is 0 Å². The molecular weight excluding hydrogens is 331 g/mol. The third-order valence-electron chi connectivity index (χ3n) is 4.16. The first-order chi connectivity index (χ1) is 11.2. The molecule has 4 rings (SSSR count). The van der Waals surface area contributed by atoms with Crippen LogP contribution in [0.3, 0.4) is 0 Å². The SMILES string of the molecule is Clc1ccc(C2CC(c3ccc(Cl)cc3)n3ncnc3N2)cc1. The molecule has 0 amide bonds. The van der Waals surface area contributed by atoms with E-state index in [1.54, 1.807) is 6.33 Å². The van der Waals surface area contributed by atoms with Crippen molar-refractivity contribution in [3.05, 3.63) is 76.0 Å². The Balaban J connectivity index is 1.71. The van der Waals surface area contributed by atoms with Crippen molar-refractivity contribution in [1.82, 2.24) is 14.8 Å². The third-order valence-corrected chi connectivity index (χ3v) is 4.66. The highest BCUT2D eigenvalue weighted by Gasteiger charge is 2.29. The summed E-state index contributed by atoms with van der Waals surface area (Å²) in [5.41, 5.74) is 2.35. The number of nitrogens with zero attached hydrogens (tertiary/aromatic N) is 3. The summed E-state index contributed by atoms with van der Waals surface area (Å²) in [5.74, 6) is 0.774. The van der Waals surface area contributed by atoms with Crippen molar-refractivity contribution in [3.63, 3.8) is 0 Å². The lowest BCUT2D eigenvalue weighted by Gasteiger charge is -2.31. The van der Waals surface area contributed by atoms with E-state index >= 15 is 0 Å². The smallest absolute Gasteiger partial charge is 0.222 e. The summed E-state index contributed by atoms with van der Waals surface area (Å²) in [6.45, 7) is 0. The Hall–Kier alpha value is -2.04. The van der Waals surface area contributed by atoms with E-state index in [9.17, 15) is 0 Å². The Bertz CT molecular complexity index is 811. The van der Waals surface area contributed by atoms with Crippen molar-refractivity contribution in [2.75, 3.05) is 5.32 Å². The van der Waals surface area contributed by atoms with Gasteiger partial charge in [-0.3, -0.25) is 0 Å². The van der Waals surface area contributed by atoms with E-state index < -0.39 is 0 Å². The lowest BCUT2D eigenvalue weighted by atomic mass is 9.93. The molecule has 0 saturated carbocycles. The zero-order valence-corrected chi connectivity index (χ0v) is 13.7. The molecule has 2 unspecified atom stereocenters. The van der Waals surface area contributed by atoms with Crippen LogP contribution in [0.2, 0.25) is 10.0 Å². The van der Waals surface area contributed by atoms with Gasteiger partial charge >= 0.3 is 0 Å². The van der Waals surface area contributed by atoms with Gasteiger partial charge in [0.25, 0.3) is 0 Å². The van der Waals surface area contributed by atoms with Crippen LogP contribution in [0.1, 0.15) is 29.6 Å². The zero-order chi connectivity index (χ0) is 15.8. The number of nitrogens with one attached hydrogen (secondary N) is 1. The number of fused-ring (bicyclic) bond motifs is 1. The van der Waals surface area contributed by atoms with Gasteiger partial charge in [-0.2, -0.15) is 10.1 Å². The molecule has 2 aromatic carbocycles. The number of halogens is 2. The van der Waals surface area contributed by atoms with Gasteiger partial charge < -0.3 is 5.32 Å². The molecular formula is C17H14Cl2N4. The van der Waals surface area contributed by atoms with Crippen LogP contribution in [0.4, 0.5) is 5.95 Å². The second kappa shape index (κ2) is 5.87. The maximum Gasteiger partial charge on any atom is 0.222 e. The fraction of sp³-hybridized carbons (Fsp3) is 0.176. The van der Waals surface area contributed by atoms with Crippen LogP contribution in [0.25, 0.3) is 0 Å². The largest absolute Gasteiger partial charge is 0.348 e. The standard InChI is InChI=1S/C17H14Cl2N4/c18-13-5-1-11(2-6-13)15-9-16(12-3-7-14(19)8-4-12)23-17(22-15)20-10-21-23/h1-8,10,15-16H,9H2,(H,20,21,22). The number of benzene rings is 2. The van der Waals surface area contributed by atoms with Gasteiger partial charge in [-0.1, -0.05) is 47.5 Å². The van der Waals surface area contributed by atoms with Crippen LogP contribution >= 0.6 is 23.2 Å². The first-order valence-electron chi connectivity index (χ1n) is 7.38. The highest BCUT2D eigenvalue weighted by Crippen LogP contribution is 2.37. The number of aromatic nitrogens is 3. The monoisotopic (exact) mass is 344 g/mol. The van der Waals surface area contributed by atoms with E-state index in [4.69, 9.17) is 23.2 Å². The quantitative estimate of drug-likeness (QED) is 0.730. The van der Waals surface area contributed by atoms with Crippen molar-refractivity contribution in [2.24, 2.45) is 0 Å². The fourth-order valence-electron chi connectivity index (χ4n) is 3.00. The van der Waals surface area contributed by atoms with Crippen LogP contribution in [-0.2, 0) is 0 Å². The average Bonchev–Trinajstić information content (AvgIpc) is 3.04. The normalized spacial score (nSPS) is 19.9. The Morgan fingerprint density at radius 1 is 0.913 bits per heavy atom. The van der Waals surface area contributed by atoms with Crippen LogP contribution in [-0.4, -0.2) is 14.8 Å². The molecule has 0 radical (unpaired) electrons. The predicted octanol–water partition coefficient (Wildman–Crippen LogP) is 4.73. The number of hydrogen-bond donors (Lipinski definition) is 1. The van der Waals surface area contributed by atoms with E-state index in [2.05, 4.69) is 15.4 Å². The molecule has 116 valence electrons. The summed E-state index contributed by atoms with van der Waals surface area (Å²) in [7, 11) is 0. The lowest BCUT2D eigenvalue weighted by molar-refractivity contribution is 0.431. The van der Waals surface area contributed by atoms with Crippen LogP contribution in [0.5, 0.6) is 0 Å². The summed E-state index contributed by atoms with van der Waals surface area (Å²) < 4.78 is 1.93. The fourth-order valence-corrected chi connectivity index (χ4v) is 3.25. The van der Waals surface area contributed by atoms with Gasteiger partial charge in [-0.25, -0.2) is 4.68 Å². The van der Waals surface area contributed by atoms with Gasteiger partial charge in [0.2, 0.25) is 5.95 Å². The van der Waals surface area contributed by atoms with Gasteiger partial charge in [0.15, 0.2) is 0 Å². The van der Waals surface area contributed by atoms with E-state index in [1.165, 1.54) is 11.1 Å². The van der Waals surface area contributed by atoms with Gasteiger partial charge in [0.1, 0.15) is 6.33 Å². The van der Waals surface area contributed by atoms with Crippen molar-refractivity contribution in [2.45, 2.75) is 18.5 Å². The lowest BCUT2D eigenvalue weighted by Crippen LogP contribution is -2.28. The minimum atomic E-state index is 0.117. The summed E-state index contributed by atoms with van der Waals surface area (Å²) in [4.78, 5) is 4.33. The molecule has 0 fully saturated rings. The minimum absolute atomic E-state index is 0.117. The highest BCUT2D eigenvalue weighted by molar-refractivity contribution is 6.30. The van der Waals surface area contributed by atoms with E-state index in [-0.39, 0.29) is 12.1 Å². The maximum absolute atomic E-state index is 6.01. The van der Waals surface area contributed by atoms with Crippen molar-refractivity contribution in [3.8, 4) is 0 Å². The van der Waals surface area contributed by atoms with Crippen LogP contribution in [0.15, 0.2) is 54.9 Å². The van der Waals surface area contributed by atoms with Gasteiger partial charge in [-0.15, -0.1) is 0 Å². The molecule has 1 N–H and O–H groups in total. The minimum Gasteiger partial charge on any atom is -0.348 e. The first kappa shape index (κ1) is 14.5. The highest BCUT2D eigenvalue weighted by atomic mass is 35.5. The predicted molar refractivity (Wildman–Crippen MR) is 92.0 cm³/mol. The van der Waals surface area contributed by atoms with Gasteiger partial charge in [0.05, 0.1) is 12.1 Å². The summed E-state index contributed by atoms with van der Waals surface area (Å²) in [6, 6.07) is 16.1. The molecule has 6 heteroatoms. The number of hydrogen-bond acceptors (Lipinski definition) is 3. The molecule has 23 heavy (non-hydrogen) atoms. The molecule has 1 aliphatic heterocycles. The second-order valence-electron chi connectivity index (χ2n) is 5.58. The Morgan fingerprint density at radius 2 is 1.52 bits per heavy atom. The molecule has 0 aliphatic carbocycles. The zero-order valence-electron chi connectivity index (χ0n) is 12.2. The molecule has 1 aliphatic rings. The first-order valence-corrected chi connectivity index (χ1v) is 8.13.